The van der Waals surface area contributed by atoms with E-state index < -0.39 is 0 Å². The highest BCUT2D eigenvalue weighted by Crippen LogP contribution is 1.99. The van der Waals surface area contributed by atoms with Gasteiger partial charge in [0.25, 0.3) is 0 Å². The molecular formula is H21B19. The van der Waals surface area contributed by atoms with Gasteiger partial charge < -0.3 is 0 Å². The summed E-state index contributed by atoms with van der Waals surface area (Å²) in [6.07, 6.45) is 4.76. The Morgan fingerprint density at radius 1 is 0.526 bits per heavy atom. The third-order valence-corrected chi connectivity index (χ3v) is 4.74. The molecule has 0 nitrogen and oxygen atoms in total. The molecule has 78 valence electrons. The molecule has 0 bridgehead atoms. The molecule has 0 unspecified atom stereocenters. The van der Waals surface area contributed by atoms with E-state index in [0.29, 0.717) is 51.1 Å². The third-order valence-electron chi connectivity index (χ3n) is 4.74. The molecule has 0 saturated carbocycles. The van der Waals surface area contributed by atoms with Crippen LogP contribution in [-0.4, -0.2) is 137 Å². The van der Waals surface area contributed by atoms with Crippen molar-refractivity contribution >= 4 is 135 Å². The van der Waals surface area contributed by atoms with Gasteiger partial charge in [0.1, 0.15) is 0 Å². The Labute approximate surface area is 137 Å². The van der Waals surface area contributed by atoms with Gasteiger partial charge in [0, 0.05) is 58.1 Å². The van der Waals surface area contributed by atoms with E-state index in [-0.39, 0.29) is 7.02 Å². The molecule has 0 N–H and O–H groups in total. The molecular weight excluding hydrogens is 205 g/mol. The van der Waals surface area contributed by atoms with Crippen LogP contribution in [0.15, 0.2) is 0 Å². The first-order valence-electron chi connectivity index (χ1n) is 9.02. The summed E-state index contributed by atoms with van der Waals surface area (Å²) >= 11 is 0. The van der Waals surface area contributed by atoms with Crippen LogP contribution in [0.1, 0.15) is 0 Å². The molecule has 19 heteroatoms. The Morgan fingerprint density at radius 3 is 1.05 bits per heavy atom. The molecule has 0 aliphatic heterocycles. The van der Waals surface area contributed by atoms with Gasteiger partial charge in [0.15, 0.2) is 0 Å². The Morgan fingerprint density at radius 2 is 0.842 bits per heavy atom. The Balaban J connectivity index is 5.44. The number of hydrogen-bond donors (Lipinski definition) is 0. The minimum atomic E-state index is 0.0600. The van der Waals surface area contributed by atoms with E-state index in [2.05, 4.69) is 77.4 Å². The fraction of sp³-hybridized carbons (Fsp3) is 0. The van der Waals surface area contributed by atoms with E-state index in [0.717, 1.165) is 0 Å². The van der Waals surface area contributed by atoms with E-state index in [4.69, 9.17) is 1.34 Å². The first kappa shape index (κ1) is 18.3. The van der Waals surface area contributed by atoms with Gasteiger partial charge in [-0.3, -0.25) is 0 Å². The molecule has 0 aromatic heterocycles. The second-order valence-electron chi connectivity index (χ2n) is 8.14. The van der Waals surface area contributed by atoms with Crippen molar-refractivity contribution in [1.82, 2.24) is 0 Å². The van der Waals surface area contributed by atoms with Crippen molar-refractivity contribution in [3.05, 3.63) is 0 Å². The maximum Gasteiger partial charge on any atom is 0.0552 e. The predicted octanol–water partition coefficient (Wildman–Crippen LogP) is -12.9. The molecule has 0 atom stereocenters. The highest BCUT2D eigenvalue weighted by Gasteiger charge is 2.39. The van der Waals surface area contributed by atoms with E-state index in [1.807, 2.05) is 0 Å². The fourth-order valence-electron chi connectivity index (χ4n) is 3.92. The number of hydrogen-bond acceptors (Lipinski definition) is 0. The van der Waals surface area contributed by atoms with E-state index in [9.17, 15) is 0 Å². The summed E-state index contributed by atoms with van der Waals surface area (Å²) < 4.78 is 8.99. The summed E-state index contributed by atoms with van der Waals surface area (Å²) in [7, 11) is 23.2. The Bertz CT molecular complexity index is 236. The summed E-state index contributed by atoms with van der Waals surface area (Å²) in [5, 5.41) is 0. The van der Waals surface area contributed by atoms with Crippen LogP contribution >= 0.6 is 0 Å². The zero-order valence-corrected chi connectivity index (χ0v) is 15.2. The van der Waals surface area contributed by atoms with Crippen LogP contribution in [-0.2, 0) is 0 Å². The second kappa shape index (κ2) is 9.29. The lowest BCUT2D eigenvalue weighted by molar-refractivity contribution is 3.40. The van der Waals surface area contributed by atoms with Gasteiger partial charge in [-0.1, -0.05) is 0 Å². The van der Waals surface area contributed by atoms with Crippen LogP contribution in [0.3, 0.4) is 0 Å². The van der Waals surface area contributed by atoms with Crippen molar-refractivity contribution in [2.75, 3.05) is 0 Å². The van der Waals surface area contributed by atoms with Crippen molar-refractivity contribution in [2.24, 2.45) is 0 Å². The van der Waals surface area contributed by atoms with Crippen LogP contribution in [0.25, 0.3) is 0 Å². The van der Waals surface area contributed by atoms with Gasteiger partial charge in [-0.15, -0.1) is 0 Å². The van der Waals surface area contributed by atoms with Crippen LogP contribution in [0.5, 0.6) is 0 Å². The van der Waals surface area contributed by atoms with E-state index >= 15 is 0 Å². The summed E-state index contributed by atoms with van der Waals surface area (Å²) in [6, 6.07) is 0. The van der Waals surface area contributed by atoms with Crippen LogP contribution < -0.4 is 0 Å². The van der Waals surface area contributed by atoms with Crippen molar-refractivity contribution in [2.45, 2.75) is 0 Å². The molecule has 0 rings (SSSR count). The van der Waals surface area contributed by atoms with Gasteiger partial charge in [-0.2, -0.15) is 0 Å². The van der Waals surface area contributed by atoms with Crippen molar-refractivity contribution in [1.29, 1.82) is 1.34 Å². The molecule has 0 radical (unpaired) electrons. The summed E-state index contributed by atoms with van der Waals surface area (Å²) in [5.41, 5.74) is 0. The predicted molar refractivity (Wildman–Crippen MR) is 139 cm³/mol. The fourth-order valence-corrected chi connectivity index (χ4v) is 3.92. The highest BCUT2D eigenvalue weighted by atomic mass is 13.2. The second-order valence-corrected chi connectivity index (χ2v) is 8.14. The van der Waals surface area contributed by atoms with Crippen LogP contribution in [0.2, 0.25) is 0 Å². The Hall–Kier alpha value is 1.23. The van der Waals surface area contributed by atoms with Crippen LogP contribution in [0.4, 0.5) is 0 Å². The molecule has 0 spiro atoms. The van der Waals surface area contributed by atoms with Gasteiger partial charge >= 0.3 is 0 Å². The molecule has 0 fully saturated rings. The standard InChI is InChI=1S/B19H21/c1-12(2)17(13(3)4)11-18(14(5)6)19(15(7)8)16(9)10/h11H,1-10H2/i11D. The molecule has 0 heterocycles. The zero-order chi connectivity index (χ0) is 16.2. The third kappa shape index (κ3) is 6.68. The first-order valence-corrected chi connectivity index (χ1v) is 8.44. The average molecular weight is 228 g/mol. The quantitative estimate of drug-likeness (QED) is 0.362. The summed E-state index contributed by atoms with van der Waals surface area (Å²) in [6.45, 7) is 0. The van der Waals surface area contributed by atoms with Crippen LogP contribution in [0, 0.1) is 0 Å². The zero-order valence-electron chi connectivity index (χ0n) is 16.2. The van der Waals surface area contributed by atoms with Gasteiger partial charge in [0.2, 0.25) is 0 Å². The Kier molecular flexibility index (Phi) is 8.94. The maximum atomic E-state index is 8.99. The molecule has 0 saturated heterocycles. The first-order chi connectivity index (χ1) is 9.02. The van der Waals surface area contributed by atoms with Crippen molar-refractivity contribution in [3.8, 4) is 0 Å². The van der Waals surface area contributed by atoms with Gasteiger partial charge in [-0.25, -0.2) is 0 Å². The monoisotopic (exact) mass is 231 g/mol. The summed E-state index contributed by atoms with van der Waals surface area (Å²) in [4.78, 5) is 0. The SMILES string of the molecule is [2H]B(B(B(B)B)B(B)B)B(B(B)B)B(B(B)B)B(B)B. The highest BCUT2D eigenvalue weighted by molar-refractivity contribution is 8.12. The lowest BCUT2D eigenvalue weighted by Gasteiger charge is -2.34. The maximum absolute atomic E-state index is 8.99. The molecule has 0 amide bonds. The molecule has 0 aromatic rings. The number of rotatable bonds is 8. The van der Waals surface area contributed by atoms with Gasteiger partial charge in [-0.05, 0) is 1.34 Å². The van der Waals surface area contributed by atoms with Gasteiger partial charge in [0.05, 0.1) is 77.4 Å². The minimum Gasteiger partial charge on any atom is -0.0388 e. The lowest BCUT2D eigenvalue weighted by atomic mass is 8.46. The minimum absolute atomic E-state index is 0.0600. The van der Waals surface area contributed by atoms with E-state index in [1.165, 1.54) is 0 Å². The topological polar surface area (TPSA) is 0 Å². The lowest BCUT2D eigenvalue weighted by Crippen LogP contribution is -2.74. The molecule has 0 aliphatic carbocycles. The molecule has 19 heavy (non-hydrogen) atoms. The van der Waals surface area contributed by atoms with Crippen molar-refractivity contribution < 1.29 is 0 Å². The normalized spacial score (nSPS) is 9.79. The van der Waals surface area contributed by atoms with E-state index in [1.54, 1.807) is 0 Å². The smallest absolute Gasteiger partial charge is 0.0388 e. The molecule has 0 aliphatic rings. The average Bonchev–Trinajstić information content (AvgIpc) is 2.22. The molecule has 0 aromatic carbocycles. The summed E-state index contributed by atoms with van der Waals surface area (Å²) in [5.74, 6) is 0. The largest absolute Gasteiger partial charge is 0.0552 e. The van der Waals surface area contributed by atoms with Crippen molar-refractivity contribution in [3.63, 3.8) is 0 Å².